The second-order valence-electron chi connectivity index (χ2n) is 7.75. The summed E-state index contributed by atoms with van der Waals surface area (Å²) >= 11 is 0. The van der Waals surface area contributed by atoms with Crippen molar-refractivity contribution in [1.29, 1.82) is 0 Å². The predicted octanol–water partition coefficient (Wildman–Crippen LogP) is 4.34. The van der Waals surface area contributed by atoms with Gasteiger partial charge in [-0.15, -0.1) is 0 Å². The van der Waals surface area contributed by atoms with Crippen LogP contribution in [-0.4, -0.2) is 31.6 Å². The van der Waals surface area contributed by atoms with Gasteiger partial charge in [-0.3, -0.25) is 9.36 Å². The third-order valence-electron chi connectivity index (χ3n) is 5.64. The van der Waals surface area contributed by atoms with Crippen LogP contribution in [0.5, 0.6) is 11.8 Å². The largest absolute Gasteiger partial charge is 0.494 e. The van der Waals surface area contributed by atoms with Crippen LogP contribution in [-0.2, 0) is 6.42 Å². The van der Waals surface area contributed by atoms with E-state index in [0.29, 0.717) is 28.6 Å². The maximum absolute atomic E-state index is 13.7. The first-order valence-corrected chi connectivity index (χ1v) is 10.3. The molecule has 5 aromatic rings. The van der Waals surface area contributed by atoms with Crippen LogP contribution < -0.4 is 5.73 Å². The van der Waals surface area contributed by atoms with Crippen molar-refractivity contribution in [3.8, 4) is 17.4 Å². The number of pyridine rings is 1. The molecule has 0 aliphatic heterocycles. The summed E-state index contributed by atoms with van der Waals surface area (Å²) in [7, 11) is 0. The van der Waals surface area contributed by atoms with Crippen LogP contribution in [0.15, 0.2) is 84.9 Å². The van der Waals surface area contributed by atoms with E-state index in [0.717, 1.165) is 16.5 Å². The molecule has 6 nitrogen and oxygen atoms in total. The Morgan fingerprint density at radius 3 is 2.31 bits per heavy atom. The molecule has 5 rings (SSSR count). The molecule has 1 atom stereocenters. The SMILES string of the molecule is N[C@@H](Cc1ccccc1)C(=O)c1c(-n2c(O)ccc2O)ccc2nc3ccccc3cc12. The number of nitrogens with zero attached hydrogens (tertiary/aromatic N) is 2. The number of carbonyl (C=O) groups is 1. The Kier molecular flexibility index (Phi) is 4.84. The lowest BCUT2D eigenvalue weighted by Crippen LogP contribution is -2.33. The van der Waals surface area contributed by atoms with Crippen molar-refractivity contribution < 1.29 is 15.0 Å². The van der Waals surface area contributed by atoms with Gasteiger partial charge in [-0.25, -0.2) is 4.98 Å². The van der Waals surface area contributed by atoms with Gasteiger partial charge >= 0.3 is 0 Å². The topological polar surface area (TPSA) is 101 Å². The standard InChI is InChI=1S/C26H21N3O3/c27-19(14-16-6-2-1-3-7-16)26(32)25-18-15-17-8-4-5-9-20(17)28-21(18)10-11-22(25)29-23(30)12-13-24(29)31/h1-13,15,19,30-31H,14,27H2/t19-/m0/s1. The zero-order valence-electron chi connectivity index (χ0n) is 17.1. The molecule has 0 saturated heterocycles. The monoisotopic (exact) mass is 423 g/mol. The maximum atomic E-state index is 13.7. The second-order valence-corrected chi connectivity index (χ2v) is 7.75. The number of rotatable bonds is 5. The molecular weight excluding hydrogens is 402 g/mol. The van der Waals surface area contributed by atoms with E-state index in [-0.39, 0.29) is 17.5 Å². The van der Waals surface area contributed by atoms with Crippen LogP contribution in [0, 0.1) is 0 Å². The van der Waals surface area contributed by atoms with Gasteiger partial charge < -0.3 is 15.9 Å². The predicted molar refractivity (Wildman–Crippen MR) is 124 cm³/mol. The molecule has 0 unspecified atom stereocenters. The van der Waals surface area contributed by atoms with Crippen molar-refractivity contribution >= 4 is 27.6 Å². The summed E-state index contributed by atoms with van der Waals surface area (Å²) in [4.78, 5) is 18.4. The van der Waals surface area contributed by atoms with Crippen molar-refractivity contribution in [2.24, 2.45) is 5.73 Å². The van der Waals surface area contributed by atoms with Crippen LogP contribution in [0.4, 0.5) is 0 Å². The van der Waals surface area contributed by atoms with Gasteiger partial charge in [0.2, 0.25) is 0 Å². The van der Waals surface area contributed by atoms with Crippen LogP contribution in [0.25, 0.3) is 27.5 Å². The van der Waals surface area contributed by atoms with Gasteiger partial charge in [0.25, 0.3) is 0 Å². The summed E-state index contributed by atoms with van der Waals surface area (Å²) in [6.07, 6.45) is 0.361. The first-order valence-electron chi connectivity index (χ1n) is 10.3. The molecule has 4 N–H and O–H groups in total. The lowest BCUT2D eigenvalue weighted by molar-refractivity contribution is 0.0962. The van der Waals surface area contributed by atoms with E-state index >= 15 is 0 Å². The van der Waals surface area contributed by atoms with Gasteiger partial charge in [0.05, 0.1) is 28.3 Å². The number of fused-ring (bicyclic) bond motifs is 2. The summed E-state index contributed by atoms with van der Waals surface area (Å²) < 4.78 is 1.23. The molecule has 158 valence electrons. The highest BCUT2D eigenvalue weighted by Crippen LogP contribution is 2.34. The highest BCUT2D eigenvalue weighted by molar-refractivity contribution is 6.14. The summed E-state index contributed by atoms with van der Waals surface area (Å²) in [5, 5.41) is 22.2. The minimum Gasteiger partial charge on any atom is -0.494 e. The maximum Gasteiger partial charge on any atom is 0.198 e. The molecule has 3 aromatic carbocycles. The number of benzene rings is 3. The number of ketones is 1. The number of para-hydroxylation sites is 1. The Labute approximate surface area is 184 Å². The van der Waals surface area contributed by atoms with Crippen LogP contribution in [0.3, 0.4) is 0 Å². The van der Waals surface area contributed by atoms with E-state index in [2.05, 4.69) is 0 Å². The minimum atomic E-state index is -0.812. The molecule has 0 bridgehead atoms. The van der Waals surface area contributed by atoms with Crippen LogP contribution in [0.1, 0.15) is 15.9 Å². The molecule has 6 heteroatoms. The van der Waals surface area contributed by atoms with Gasteiger partial charge in [-0.1, -0.05) is 48.5 Å². The Bertz CT molecular complexity index is 1440. The Balaban J connectivity index is 1.74. The minimum absolute atomic E-state index is 0.179. The molecular formula is C26H21N3O3. The van der Waals surface area contributed by atoms with E-state index < -0.39 is 6.04 Å². The molecule has 0 saturated carbocycles. The summed E-state index contributed by atoms with van der Waals surface area (Å²) in [6.45, 7) is 0. The lowest BCUT2D eigenvalue weighted by Gasteiger charge is -2.18. The van der Waals surface area contributed by atoms with Gasteiger partial charge in [-0.2, -0.15) is 0 Å². The second kappa shape index (κ2) is 7.83. The lowest BCUT2D eigenvalue weighted by atomic mass is 9.93. The van der Waals surface area contributed by atoms with Gasteiger partial charge in [0, 0.05) is 22.9 Å². The molecule has 0 amide bonds. The highest BCUT2D eigenvalue weighted by Gasteiger charge is 2.25. The molecule has 0 radical (unpaired) electrons. The number of aromatic hydroxyl groups is 2. The van der Waals surface area contributed by atoms with Crippen molar-refractivity contribution in [3.05, 3.63) is 96.1 Å². The Morgan fingerprint density at radius 2 is 1.56 bits per heavy atom. The van der Waals surface area contributed by atoms with Crippen molar-refractivity contribution in [3.63, 3.8) is 0 Å². The first-order chi connectivity index (χ1) is 15.5. The Hall–Kier alpha value is -4.16. The molecule has 32 heavy (non-hydrogen) atoms. The number of Topliss-reactive ketones (excluding diaryl/α,β-unsaturated/α-hetero) is 1. The first kappa shape index (κ1) is 19.8. The molecule has 0 aliphatic carbocycles. The average Bonchev–Trinajstić information content (AvgIpc) is 3.14. The quantitative estimate of drug-likeness (QED) is 0.288. The van der Waals surface area contributed by atoms with Gasteiger partial charge in [0.1, 0.15) is 0 Å². The number of hydrogen-bond acceptors (Lipinski definition) is 5. The zero-order valence-corrected chi connectivity index (χ0v) is 17.1. The number of carbonyl (C=O) groups excluding carboxylic acids is 1. The zero-order chi connectivity index (χ0) is 22.2. The molecule has 2 aromatic heterocycles. The van der Waals surface area contributed by atoms with Crippen LogP contribution >= 0.6 is 0 Å². The summed E-state index contributed by atoms with van der Waals surface area (Å²) in [5.74, 6) is -0.651. The summed E-state index contributed by atoms with van der Waals surface area (Å²) in [5.41, 5.74) is 9.43. The van der Waals surface area contributed by atoms with Crippen LogP contribution in [0.2, 0.25) is 0 Å². The molecule has 2 heterocycles. The van der Waals surface area contributed by atoms with Crippen molar-refractivity contribution in [2.75, 3.05) is 0 Å². The van der Waals surface area contributed by atoms with E-state index in [1.165, 1.54) is 16.7 Å². The fourth-order valence-corrected chi connectivity index (χ4v) is 4.09. The normalized spacial score (nSPS) is 12.3. The molecule has 0 spiro atoms. The van der Waals surface area contributed by atoms with Gasteiger partial charge in [0.15, 0.2) is 17.5 Å². The fourth-order valence-electron chi connectivity index (χ4n) is 4.09. The van der Waals surface area contributed by atoms with E-state index in [1.54, 1.807) is 12.1 Å². The smallest absolute Gasteiger partial charge is 0.198 e. The van der Waals surface area contributed by atoms with E-state index in [9.17, 15) is 15.0 Å². The number of aromatic nitrogens is 2. The summed E-state index contributed by atoms with van der Waals surface area (Å²) in [6, 6.07) is 24.5. The third kappa shape index (κ3) is 3.36. The highest BCUT2D eigenvalue weighted by atomic mass is 16.3. The van der Waals surface area contributed by atoms with Crippen molar-refractivity contribution in [1.82, 2.24) is 9.55 Å². The fraction of sp³-hybridized carbons (Fsp3) is 0.0769. The molecule has 0 fully saturated rings. The van der Waals surface area contributed by atoms with E-state index in [1.807, 2.05) is 60.7 Å². The Morgan fingerprint density at radius 1 is 0.875 bits per heavy atom. The van der Waals surface area contributed by atoms with Crippen molar-refractivity contribution in [2.45, 2.75) is 12.5 Å². The van der Waals surface area contributed by atoms with E-state index in [4.69, 9.17) is 10.7 Å². The number of hydrogen-bond donors (Lipinski definition) is 3. The average molecular weight is 423 g/mol. The third-order valence-corrected chi connectivity index (χ3v) is 5.64. The number of nitrogens with two attached hydrogens (primary N) is 1. The van der Waals surface area contributed by atoms with Gasteiger partial charge in [-0.05, 0) is 36.2 Å². The molecule has 0 aliphatic rings.